The lowest BCUT2D eigenvalue weighted by molar-refractivity contribution is -0.119. The minimum atomic E-state index is 0.161. The molecule has 1 unspecified atom stereocenters. The maximum Gasteiger partial charge on any atom is 0.228 e. The molecule has 1 amide bonds. The molecular formula is C18H22N2O2S2. The summed E-state index contributed by atoms with van der Waals surface area (Å²) in [6, 6.07) is 12.1. The molecule has 1 aliphatic rings. The van der Waals surface area contributed by atoms with Crippen molar-refractivity contribution in [2.45, 2.75) is 19.0 Å². The van der Waals surface area contributed by atoms with Gasteiger partial charge >= 0.3 is 0 Å². The summed E-state index contributed by atoms with van der Waals surface area (Å²) in [4.78, 5) is 16.0. The third kappa shape index (κ3) is 4.53. The van der Waals surface area contributed by atoms with Crippen LogP contribution >= 0.6 is 23.1 Å². The second-order valence-corrected chi connectivity index (χ2v) is 7.87. The third-order valence-electron chi connectivity index (χ3n) is 4.00. The van der Waals surface area contributed by atoms with Crippen LogP contribution in [0.5, 0.6) is 5.75 Å². The first-order valence-electron chi connectivity index (χ1n) is 8.04. The molecule has 1 N–H and O–H groups in total. The number of hydrogen-bond donors (Lipinski definition) is 1. The van der Waals surface area contributed by atoms with Gasteiger partial charge in [-0.1, -0.05) is 6.07 Å². The number of methoxy groups -OCH3 is 1. The van der Waals surface area contributed by atoms with Crippen molar-refractivity contribution in [3.8, 4) is 5.75 Å². The van der Waals surface area contributed by atoms with E-state index in [4.69, 9.17) is 4.74 Å². The van der Waals surface area contributed by atoms with E-state index in [0.29, 0.717) is 13.0 Å². The Labute approximate surface area is 151 Å². The molecule has 0 saturated carbocycles. The lowest BCUT2D eigenvalue weighted by Gasteiger charge is -2.27. The van der Waals surface area contributed by atoms with Crippen LogP contribution in [0.1, 0.15) is 11.3 Å². The zero-order valence-electron chi connectivity index (χ0n) is 13.7. The average molecular weight is 363 g/mol. The van der Waals surface area contributed by atoms with Crippen LogP contribution in [-0.4, -0.2) is 37.1 Å². The molecular weight excluding hydrogens is 340 g/mol. The molecule has 6 heteroatoms. The van der Waals surface area contributed by atoms with Gasteiger partial charge in [0, 0.05) is 41.1 Å². The van der Waals surface area contributed by atoms with E-state index in [-0.39, 0.29) is 11.9 Å². The molecule has 2 aromatic rings. The maximum atomic E-state index is 12.9. The summed E-state index contributed by atoms with van der Waals surface area (Å²) in [5, 5.41) is 5.49. The predicted molar refractivity (Wildman–Crippen MR) is 102 cm³/mol. The Bertz CT molecular complexity index is 638. The van der Waals surface area contributed by atoms with Crippen molar-refractivity contribution in [2.75, 3.05) is 30.1 Å². The van der Waals surface area contributed by atoms with Crippen LogP contribution in [0.25, 0.3) is 0 Å². The van der Waals surface area contributed by atoms with Crippen LogP contribution < -0.4 is 15.0 Å². The number of nitrogens with one attached hydrogen (secondary N) is 1. The van der Waals surface area contributed by atoms with Crippen LogP contribution in [0.2, 0.25) is 0 Å². The number of carbonyl (C=O) groups is 1. The molecule has 1 aliphatic heterocycles. The van der Waals surface area contributed by atoms with Gasteiger partial charge in [-0.25, -0.2) is 0 Å². The smallest absolute Gasteiger partial charge is 0.228 e. The largest absolute Gasteiger partial charge is 0.497 e. The van der Waals surface area contributed by atoms with E-state index in [1.165, 1.54) is 4.88 Å². The standard InChI is InChI=1S/C18H22N2O2S2/c1-22-16-6-4-15(5-7-16)20(12-17-3-2-9-24-17)18(21)11-14-13-23-10-8-19-14/h2-7,9,14,19H,8,10-13H2,1H3. The van der Waals surface area contributed by atoms with E-state index in [2.05, 4.69) is 11.4 Å². The molecule has 1 aromatic carbocycles. The number of rotatable bonds is 6. The fourth-order valence-corrected chi connectivity index (χ4v) is 4.36. The van der Waals surface area contributed by atoms with Gasteiger partial charge in [0.25, 0.3) is 0 Å². The molecule has 3 rings (SSSR count). The minimum Gasteiger partial charge on any atom is -0.497 e. The van der Waals surface area contributed by atoms with Gasteiger partial charge in [0.2, 0.25) is 5.91 Å². The Morgan fingerprint density at radius 2 is 2.17 bits per heavy atom. The number of amides is 1. The number of thioether (sulfide) groups is 1. The normalized spacial score (nSPS) is 17.5. The van der Waals surface area contributed by atoms with Gasteiger partial charge < -0.3 is 15.0 Å². The van der Waals surface area contributed by atoms with Crippen molar-refractivity contribution < 1.29 is 9.53 Å². The van der Waals surface area contributed by atoms with Gasteiger partial charge in [-0.3, -0.25) is 4.79 Å². The van der Waals surface area contributed by atoms with Crippen molar-refractivity contribution in [3.63, 3.8) is 0 Å². The molecule has 2 heterocycles. The number of thiophene rings is 1. The summed E-state index contributed by atoms with van der Waals surface area (Å²) in [5.41, 5.74) is 0.915. The molecule has 24 heavy (non-hydrogen) atoms. The molecule has 0 radical (unpaired) electrons. The number of anilines is 1. The van der Waals surface area contributed by atoms with E-state index in [0.717, 1.165) is 29.5 Å². The fourth-order valence-electron chi connectivity index (χ4n) is 2.72. The van der Waals surface area contributed by atoms with E-state index in [1.807, 2.05) is 52.4 Å². The van der Waals surface area contributed by atoms with Crippen molar-refractivity contribution in [1.82, 2.24) is 5.32 Å². The number of benzene rings is 1. The monoisotopic (exact) mass is 362 g/mol. The highest BCUT2D eigenvalue weighted by Crippen LogP contribution is 2.24. The first-order chi connectivity index (χ1) is 11.8. The molecule has 0 aliphatic carbocycles. The van der Waals surface area contributed by atoms with Crippen LogP contribution in [0.15, 0.2) is 41.8 Å². The molecule has 1 saturated heterocycles. The number of ether oxygens (including phenoxy) is 1. The third-order valence-corrected chi connectivity index (χ3v) is 5.99. The Morgan fingerprint density at radius 3 is 2.79 bits per heavy atom. The summed E-state index contributed by atoms with van der Waals surface area (Å²) in [5.74, 6) is 3.09. The molecule has 0 spiro atoms. The van der Waals surface area contributed by atoms with Gasteiger partial charge in [0.1, 0.15) is 5.75 Å². The van der Waals surface area contributed by atoms with Gasteiger partial charge in [0.05, 0.1) is 13.7 Å². The molecule has 0 bridgehead atoms. The Morgan fingerprint density at radius 1 is 1.33 bits per heavy atom. The first kappa shape index (κ1) is 17.3. The lowest BCUT2D eigenvalue weighted by Crippen LogP contribution is -2.42. The van der Waals surface area contributed by atoms with Gasteiger partial charge in [-0.05, 0) is 35.7 Å². The molecule has 1 atom stereocenters. The van der Waals surface area contributed by atoms with Gasteiger partial charge in [-0.2, -0.15) is 11.8 Å². The summed E-state index contributed by atoms with van der Waals surface area (Å²) < 4.78 is 5.22. The van der Waals surface area contributed by atoms with E-state index in [1.54, 1.807) is 18.4 Å². The Balaban J connectivity index is 1.76. The summed E-state index contributed by atoms with van der Waals surface area (Å²) >= 11 is 3.59. The highest BCUT2D eigenvalue weighted by molar-refractivity contribution is 7.99. The second kappa shape index (κ2) is 8.55. The highest BCUT2D eigenvalue weighted by atomic mass is 32.2. The SMILES string of the molecule is COc1ccc(N(Cc2cccs2)C(=O)CC2CSCCN2)cc1. The lowest BCUT2D eigenvalue weighted by atomic mass is 10.2. The minimum absolute atomic E-state index is 0.161. The first-order valence-corrected chi connectivity index (χ1v) is 10.1. The summed E-state index contributed by atoms with van der Waals surface area (Å²) in [7, 11) is 1.65. The summed E-state index contributed by atoms with van der Waals surface area (Å²) in [6.07, 6.45) is 0.532. The van der Waals surface area contributed by atoms with Crippen LogP contribution in [0, 0.1) is 0 Å². The Kier molecular flexibility index (Phi) is 6.18. The van der Waals surface area contributed by atoms with E-state index in [9.17, 15) is 4.79 Å². The molecule has 1 aromatic heterocycles. The van der Waals surface area contributed by atoms with Crippen molar-refractivity contribution in [1.29, 1.82) is 0 Å². The number of carbonyl (C=O) groups excluding carboxylic acids is 1. The summed E-state index contributed by atoms with van der Waals surface area (Å²) in [6.45, 7) is 1.60. The van der Waals surface area contributed by atoms with Gasteiger partial charge in [0.15, 0.2) is 0 Å². The maximum absolute atomic E-state index is 12.9. The molecule has 4 nitrogen and oxygen atoms in total. The van der Waals surface area contributed by atoms with Crippen molar-refractivity contribution in [2.24, 2.45) is 0 Å². The second-order valence-electron chi connectivity index (χ2n) is 5.69. The molecule has 1 fully saturated rings. The number of hydrogen-bond acceptors (Lipinski definition) is 5. The van der Waals surface area contributed by atoms with Crippen molar-refractivity contribution >= 4 is 34.7 Å². The van der Waals surface area contributed by atoms with Crippen molar-refractivity contribution in [3.05, 3.63) is 46.7 Å². The average Bonchev–Trinajstić information content (AvgIpc) is 3.14. The topological polar surface area (TPSA) is 41.6 Å². The van der Waals surface area contributed by atoms with Gasteiger partial charge in [-0.15, -0.1) is 11.3 Å². The highest BCUT2D eigenvalue weighted by Gasteiger charge is 2.22. The quantitative estimate of drug-likeness (QED) is 0.855. The predicted octanol–water partition coefficient (Wildman–Crippen LogP) is 3.39. The Hall–Kier alpha value is -1.50. The van der Waals surface area contributed by atoms with Crippen LogP contribution in [-0.2, 0) is 11.3 Å². The zero-order valence-corrected chi connectivity index (χ0v) is 15.4. The van der Waals surface area contributed by atoms with Crippen LogP contribution in [0.3, 0.4) is 0 Å². The zero-order chi connectivity index (χ0) is 16.8. The molecule has 128 valence electrons. The van der Waals surface area contributed by atoms with E-state index < -0.39 is 0 Å². The van der Waals surface area contributed by atoms with E-state index >= 15 is 0 Å². The number of nitrogens with zero attached hydrogens (tertiary/aromatic N) is 1. The fraction of sp³-hybridized carbons (Fsp3) is 0.389. The van der Waals surface area contributed by atoms with Crippen LogP contribution in [0.4, 0.5) is 5.69 Å².